The van der Waals surface area contributed by atoms with E-state index in [4.69, 9.17) is 14.5 Å². The first-order valence-corrected chi connectivity index (χ1v) is 15.1. The van der Waals surface area contributed by atoms with Crippen molar-refractivity contribution in [1.29, 1.82) is 0 Å². The number of hydrogen-bond donors (Lipinski definition) is 1. The predicted molar refractivity (Wildman–Crippen MR) is 171 cm³/mol. The molecule has 2 heterocycles. The van der Waals surface area contributed by atoms with E-state index in [0.29, 0.717) is 17.9 Å². The van der Waals surface area contributed by atoms with Gasteiger partial charge in [0.1, 0.15) is 11.6 Å². The number of rotatable bonds is 9. The highest BCUT2D eigenvalue weighted by Gasteiger charge is 2.36. The number of pyridine rings is 1. The van der Waals surface area contributed by atoms with E-state index in [1.54, 1.807) is 12.1 Å². The van der Waals surface area contributed by atoms with E-state index in [1.807, 2.05) is 58.9 Å². The van der Waals surface area contributed by atoms with Crippen LogP contribution < -0.4 is 9.64 Å². The Balaban J connectivity index is 1.74. The van der Waals surface area contributed by atoms with E-state index >= 15 is 0 Å². The van der Waals surface area contributed by atoms with Crippen molar-refractivity contribution in [3.8, 4) is 16.9 Å². The fraction of sp³-hybridized carbons (Fsp3) is 0.500. The quantitative estimate of drug-likeness (QED) is 0.270. The fourth-order valence-corrected chi connectivity index (χ4v) is 5.72. The van der Waals surface area contributed by atoms with Gasteiger partial charge in [0.15, 0.2) is 6.10 Å². The number of halogens is 1. The van der Waals surface area contributed by atoms with Crippen LogP contribution in [0.25, 0.3) is 11.1 Å². The molecule has 0 saturated carbocycles. The first-order valence-electron chi connectivity index (χ1n) is 15.1. The standard InChI is InChI=1S/C36H47FN2O4/c1-23-29(25-10-16-28(17-11-25)42-22-36(8,9)26-12-14-27(37)15-13-26)31(39-20-18-35(6,7)19-21-39)30(24(2)38-23)32(33(40)41)43-34(3,4)5/h10-17,32H,18-22H2,1-9H3,(H,40,41). The topological polar surface area (TPSA) is 71.9 Å². The van der Waals surface area contributed by atoms with E-state index in [1.165, 1.54) is 12.1 Å². The molecule has 7 heteroatoms. The average molecular weight is 591 g/mol. The van der Waals surface area contributed by atoms with Crippen molar-refractivity contribution in [3.05, 3.63) is 76.9 Å². The molecule has 0 bridgehead atoms. The molecule has 1 saturated heterocycles. The number of ether oxygens (including phenoxy) is 2. The Morgan fingerprint density at radius 1 is 0.977 bits per heavy atom. The lowest BCUT2D eigenvalue weighted by Crippen LogP contribution is -2.39. The van der Waals surface area contributed by atoms with Crippen molar-refractivity contribution in [2.24, 2.45) is 5.41 Å². The van der Waals surface area contributed by atoms with Gasteiger partial charge in [-0.1, -0.05) is 52.0 Å². The van der Waals surface area contributed by atoms with E-state index in [9.17, 15) is 14.3 Å². The van der Waals surface area contributed by atoms with E-state index in [0.717, 1.165) is 59.8 Å². The van der Waals surface area contributed by atoms with Crippen molar-refractivity contribution in [2.45, 2.75) is 92.3 Å². The summed E-state index contributed by atoms with van der Waals surface area (Å²) in [5.41, 5.74) is 5.12. The Kier molecular flexibility index (Phi) is 9.27. The van der Waals surface area contributed by atoms with Crippen LogP contribution >= 0.6 is 0 Å². The second kappa shape index (κ2) is 12.3. The van der Waals surface area contributed by atoms with Gasteiger partial charge in [0.25, 0.3) is 0 Å². The number of aryl methyl sites for hydroxylation is 2. The SMILES string of the molecule is Cc1nc(C)c(C(OC(C)(C)C)C(=O)O)c(N2CCC(C)(C)CC2)c1-c1ccc(OCC(C)(C)c2ccc(F)cc2)cc1. The molecule has 6 nitrogen and oxygen atoms in total. The zero-order chi connectivity index (χ0) is 31.7. The number of nitrogens with zero attached hydrogens (tertiary/aromatic N) is 2. The third kappa shape index (κ3) is 7.74. The number of hydrogen-bond acceptors (Lipinski definition) is 5. The van der Waals surface area contributed by atoms with Gasteiger partial charge in [0.2, 0.25) is 0 Å². The summed E-state index contributed by atoms with van der Waals surface area (Å²) < 4.78 is 25.8. The van der Waals surface area contributed by atoms with Crippen molar-refractivity contribution in [1.82, 2.24) is 4.98 Å². The molecule has 0 spiro atoms. The third-order valence-corrected chi connectivity index (χ3v) is 8.34. The van der Waals surface area contributed by atoms with Crippen molar-refractivity contribution < 1.29 is 23.8 Å². The van der Waals surface area contributed by atoms with E-state index in [2.05, 4.69) is 32.6 Å². The zero-order valence-corrected chi connectivity index (χ0v) is 27.2. The van der Waals surface area contributed by atoms with Crippen LogP contribution in [0, 0.1) is 25.1 Å². The Hall–Kier alpha value is -3.45. The molecule has 0 amide bonds. The molecule has 1 fully saturated rings. The smallest absolute Gasteiger partial charge is 0.337 e. The summed E-state index contributed by atoms with van der Waals surface area (Å²) in [6.07, 6.45) is 0.842. The molecule has 1 aliphatic rings. The van der Waals surface area contributed by atoms with Crippen molar-refractivity contribution >= 4 is 11.7 Å². The molecule has 1 aliphatic heterocycles. The number of aromatic nitrogens is 1. The number of anilines is 1. The molecular formula is C36H47FN2O4. The second-order valence-corrected chi connectivity index (χ2v) is 14.2. The highest BCUT2D eigenvalue weighted by molar-refractivity contribution is 5.88. The largest absolute Gasteiger partial charge is 0.493 e. The van der Waals surface area contributed by atoms with Gasteiger partial charge >= 0.3 is 5.97 Å². The first kappa shape index (κ1) is 32.5. The average Bonchev–Trinajstić information content (AvgIpc) is 2.91. The number of benzene rings is 2. The Morgan fingerprint density at radius 2 is 1.56 bits per heavy atom. The summed E-state index contributed by atoms with van der Waals surface area (Å²) in [6, 6.07) is 14.5. The zero-order valence-electron chi connectivity index (χ0n) is 27.2. The highest BCUT2D eigenvalue weighted by atomic mass is 19.1. The Morgan fingerprint density at radius 3 is 2.09 bits per heavy atom. The van der Waals surface area contributed by atoms with Gasteiger partial charge in [-0.05, 0) is 88.3 Å². The molecule has 43 heavy (non-hydrogen) atoms. The minimum absolute atomic E-state index is 0.225. The summed E-state index contributed by atoms with van der Waals surface area (Å²) in [6.45, 7) is 20.3. The summed E-state index contributed by atoms with van der Waals surface area (Å²) in [5.74, 6) is -0.564. The lowest BCUT2D eigenvalue weighted by Gasteiger charge is -2.41. The van der Waals surface area contributed by atoms with Crippen molar-refractivity contribution in [3.63, 3.8) is 0 Å². The van der Waals surface area contributed by atoms with Crippen LogP contribution in [-0.2, 0) is 14.9 Å². The van der Waals surface area contributed by atoms with Gasteiger partial charge in [-0.15, -0.1) is 0 Å². The number of aliphatic carboxylic acids is 1. The maximum Gasteiger partial charge on any atom is 0.337 e. The van der Waals surface area contributed by atoms with Crippen molar-refractivity contribution in [2.75, 3.05) is 24.6 Å². The van der Waals surface area contributed by atoms with Crippen LogP contribution in [0.2, 0.25) is 0 Å². The molecule has 0 aliphatic carbocycles. The molecule has 1 unspecified atom stereocenters. The number of carbonyl (C=O) groups is 1. The molecular weight excluding hydrogens is 543 g/mol. The van der Waals surface area contributed by atoms with Crippen LogP contribution in [-0.4, -0.2) is 41.4 Å². The maximum atomic E-state index is 13.4. The van der Waals surface area contributed by atoms with Crippen LogP contribution in [0.3, 0.4) is 0 Å². The van der Waals surface area contributed by atoms with Gasteiger partial charge in [0.05, 0.1) is 17.9 Å². The maximum absolute atomic E-state index is 13.4. The Labute approximate surface area is 256 Å². The minimum atomic E-state index is -1.16. The first-order chi connectivity index (χ1) is 20.0. The summed E-state index contributed by atoms with van der Waals surface area (Å²) in [4.78, 5) is 19.9. The molecule has 4 rings (SSSR count). The molecule has 2 aromatic carbocycles. The minimum Gasteiger partial charge on any atom is -0.493 e. The predicted octanol–water partition coefficient (Wildman–Crippen LogP) is 8.43. The summed E-state index contributed by atoms with van der Waals surface area (Å²) in [5, 5.41) is 10.4. The molecule has 232 valence electrons. The van der Waals surface area contributed by atoms with E-state index in [-0.39, 0.29) is 16.6 Å². The number of carboxylic acids is 1. The summed E-state index contributed by atoms with van der Waals surface area (Å²) >= 11 is 0. The van der Waals surface area contributed by atoms with Crippen LogP contribution in [0.15, 0.2) is 48.5 Å². The van der Waals surface area contributed by atoms with Gasteiger partial charge in [-0.25, -0.2) is 9.18 Å². The lowest BCUT2D eigenvalue weighted by molar-refractivity contribution is -0.160. The van der Waals surface area contributed by atoms with Gasteiger partial charge < -0.3 is 19.5 Å². The molecule has 1 N–H and O–H groups in total. The number of carboxylic acid groups (broad SMARTS) is 1. The van der Waals surface area contributed by atoms with Gasteiger partial charge in [-0.3, -0.25) is 4.98 Å². The Bertz CT molecular complexity index is 1430. The monoisotopic (exact) mass is 590 g/mol. The normalized spacial score (nSPS) is 16.2. The highest BCUT2D eigenvalue weighted by Crippen LogP contribution is 2.45. The van der Waals surface area contributed by atoms with Crippen LogP contribution in [0.4, 0.5) is 10.1 Å². The van der Waals surface area contributed by atoms with Crippen LogP contribution in [0.5, 0.6) is 5.75 Å². The van der Waals surface area contributed by atoms with Gasteiger partial charge in [-0.2, -0.15) is 0 Å². The fourth-order valence-electron chi connectivity index (χ4n) is 5.72. The molecule has 3 aromatic rings. The van der Waals surface area contributed by atoms with Gasteiger partial charge in [0, 0.05) is 41.0 Å². The van der Waals surface area contributed by atoms with E-state index < -0.39 is 17.7 Å². The molecule has 0 radical (unpaired) electrons. The molecule has 1 atom stereocenters. The van der Waals surface area contributed by atoms with Crippen LogP contribution in [0.1, 0.15) is 89.9 Å². The summed E-state index contributed by atoms with van der Waals surface area (Å²) in [7, 11) is 0. The second-order valence-electron chi connectivity index (χ2n) is 14.2. The molecule has 1 aromatic heterocycles. The number of piperidine rings is 1. The third-order valence-electron chi connectivity index (χ3n) is 8.34. The lowest BCUT2D eigenvalue weighted by atomic mass is 9.82.